The maximum absolute atomic E-state index is 11.5. The lowest BCUT2D eigenvalue weighted by Gasteiger charge is -2.31. The number of hydrogen-bond acceptors (Lipinski definition) is 5. The van der Waals surface area contributed by atoms with Gasteiger partial charge in [-0.1, -0.05) is 29.3 Å². The molecule has 0 aliphatic heterocycles. The standard InChI is InChI=1S/C12H11Cl2N3O3/c1-20-11(17-7-15-6-16-17)12(19,5-18)9-3-2-8(13)4-10(9)14/h2-7,11,19H,1H3. The fourth-order valence-electron chi connectivity index (χ4n) is 1.90. The molecule has 1 aromatic heterocycles. The van der Waals surface area contributed by atoms with E-state index in [4.69, 9.17) is 27.9 Å². The molecular weight excluding hydrogens is 305 g/mol. The third-order valence-corrected chi connectivity index (χ3v) is 3.37. The predicted octanol–water partition coefficient (Wildman–Crippen LogP) is 1.82. The van der Waals surface area contributed by atoms with Crippen molar-refractivity contribution >= 4 is 29.5 Å². The quantitative estimate of drug-likeness (QED) is 0.851. The summed E-state index contributed by atoms with van der Waals surface area (Å²) < 4.78 is 6.40. The molecule has 0 saturated carbocycles. The Hall–Kier alpha value is -1.47. The monoisotopic (exact) mass is 315 g/mol. The molecule has 0 aliphatic rings. The van der Waals surface area contributed by atoms with Crippen LogP contribution in [0.15, 0.2) is 30.9 Å². The average molecular weight is 316 g/mol. The van der Waals surface area contributed by atoms with E-state index in [0.717, 1.165) is 0 Å². The minimum absolute atomic E-state index is 0.147. The summed E-state index contributed by atoms with van der Waals surface area (Å²) in [5.74, 6) is 0. The number of benzene rings is 1. The molecule has 0 radical (unpaired) electrons. The number of aliphatic hydroxyl groups is 1. The van der Waals surface area contributed by atoms with Crippen molar-refractivity contribution in [3.05, 3.63) is 46.5 Å². The third kappa shape index (κ3) is 2.55. The molecule has 0 bridgehead atoms. The van der Waals surface area contributed by atoms with Gasteiger partial charge in [-0.2, -0.15) is 5.10 Å². The van der Waals surface area contributed by atoms with Crippen LogP contribution in [0.5, 0.6) is 0 Å². The second kappa shape index (κ2) is 5.88. The Kier molecular flexibility index (Phi) is 4.39. The van der Waals surface area contributed by atoms with Crippen LogP contribution in [0, 0.1) is 0 Å². The minimum atomic E-state index is -2.02. The summed E-state index contributed by atoms with van der Waals surface area (Å²) in [7, 11) is 1.34. The molecule has 106 valence electrons. The van der Waals surface area contributed by atoms with Crippen LogP contribution in [0.1, 0.15) is 11.8 Å². The Labute approximate surface area is 124 Å². The largest absolute Gasteiger partial charge is 0.373 e. The van der Waals surface area contributed by atoms with Crippen LogP contribution in [-0.4, -0.2) is 33.3 Å². The Morgan fingerprint density at radius 2 is 2.25 bits per heavy atom. The first-order valence-corrected chi connectivity index (χ1v) is 6.29. The summed E-state index contributed by atoms with van der Waals surface area (Å²) in [5.41, 5.74) is -1.86. The molecule has 20 heavy (non-hydrogen) atoms. The zero-order valence-electron chi connectivity index (χ0n) is 10.4. The van der Waals surface area contributed by atoms with Crippen molar-refractivity contribution in [2.45, 2.75) is 11.8 Å². The van der Waals surface area contributed by atoms with Crippen molar-refractivity contribution in [2.75, 3.05) is 7.11 Å². The lowest BCUT2D eigenvalue weighted by molar-refractivity contribution is -0.158. The normalized spacial score (nSPS) is 15.6. The van der Waals surface area contributed by atoms with E-state index in [-0.39, 0.29) is 10.6 Å². The number of aromatic nitrogens is 3. The van der Waals surface area contributed by atoms with Gasteiger partial charge < -0.3 is 9.84 Å². The molecular formula is C12H11Cl2N3O3. The molecule has 2 atom stereocenters. The molecule has 2 unspecified atom stereocenters. The number of rotatable bonds is 5. The predicted molar refractivity (Wildman–Crippen MR) is 72.5 cm³/mol. The number of methoxy groups -OCH3 is 1. The number of nitrogens with zero attached hydrogens (tertiary/aromatic N) is 3. The molecule has 8 heteroatoms. The zero-order valence-corrected chi connectivity index (χ0v) is 11.9. The van der Waals surface area contributed by atoms with Gasteiger partial charge in [0.05, 0.1) is 0 Å². The topological polar surface area (TPSA) is 77.2 Å². The van der Waals surface area contributed by atoms with Gasteiger partial charge in [-0.15, -0.1) is 0 Å². The van der Waals surface area contributed by atoms with Crippen molar-refractivity contribution in [3.8, 4) is 0 Å². The Morgan fingerprint density at radius 1 is 1.50 bits per heavy atom. The summed E-state index contributed by atoms with van der Waals surface area (Å²) >= 11 is 11.9. The highest BCUT2D eigenvalue weighted by atomic mass is 35.5. The van der Waals surface area contributed by atoms with Crippen LogP contribution >= 0.6 is 23.2 Å². The second-order valence-electron chi connectivity index (χ2n) is 4.03. The smallest absolute Gasteiger partial charge is 0.193 e. The van der Waals surface area contributed by atoms with Crippen LogP contribution in [0.2, 0.25) is 10.0 Å². The molecule has 0 amide bonds. The number of ether oxygens (including phenoxy) is 1. The maximum atomic E-state index is 11.5. The first-order chi connectivity index (χ1) is 9.52. The summed E-state index contributed by atoms with van der Waals surface area (Å²) in [5, 5.41) is 15.1. The average Bonchev–Trinajstić information content (AvgIpc) is 2.93. The van der Waals surface area contributed by atoms with Crippen LogP contribution < -0.4 is 0 Å². The first kappa shape index (κ1) is 14.9. The van der Waals surface area contributed by atoms with E-state index in [2.05, 4.69) is 10.1 Å². The van der Waals surface area contributed by atoms with E-state index >= 15 is 0 Å². The molecule has 2 aromatic rings. The van der Waals surface area contributed by atoms with E-state index in [1.807, 2.05) is 0 Å². The SMILES string of the molecule is COC(n1cncn1)C(O)(C=O)c1ccc(Cl)cc1Cl. The Morgan fingerprint density at radius 3 is 2.75 bits per heavy atom. The van der Waals surface area contributed by atoms with E-state index in [1.165, 1.54) is 42.6 Å². The first-order valence-electron chi connectivity index (χ1n) is 5.54. The lowest BCUT2D eigenvalue weighted by atomic mass is 9.93. The molecule has 2 rings (SSSR count). The van der Waals surface area contributed by atoms with Crippen LogP contribution in [-0.2, 0) is 15.1 Å². The van der Waals surface area contributed by atoms with Crippen LogP contribution in [0.25, 0.3) is 0 Å². The molecule has 1 heterocycles. The second-order valence-corrected chi connectivity index (χ2v) is 4.87. The van der Waals surface area contributed by atoms with Gasteiger partial charge in [0.25, 0.3) is 0 Å². The number of carbonyl (C=O) groups excluding carboxylic acids is 1. The van der Waals surface area contributed by atoms with Crippen molar-refractivity contribution in [2.24, 2.45) is 0 Å². The molecule has 1 N–H and O–H groups in total. The Balaban J connectivity index is 2.54. The van der Waals surface area contributed by atoms with Gasteiger partial charge in [0.2, 0.25) is 0 Å². The summed E-state index contributed by atoms with van der Waals surface area (Å²) in [6, 6.07) is 4.41. The summed E-state index contributed by atoms with van der Waals surface area (Å²) in [4.78, 5) is 15.2. The molecule has 0 spiro atoms. The Bertz CT molecular complexity index is 606. The molecule has 0 aliphatic carbocycles. The lowest BCUT2D eigenvalue weighted by Crippen LogP contribution is -2.40. The number of halogens is 2. The highest BCUT2D eigenvalue weighted by Gasteiger charge is 2.42. The fraction of sp³-hybridized carbons (Fsp3) is 0.250. The van der Waals surface area contributed by atoms with Gasteiger partial charge in [0.1, 0.15) is 12.7 Å². The van der Waals surface area contributed by atoms with Gasteiger partial charge >= 0.3 is 0 Å². The van der Waals surface area contributed by atoms with Crippen molar-refractivity contribution < 1.29 is 14.6 Å². The van der Waals surface area contributed by atoms with Gasteiger partial charge in [-0.05, 0) is 12.1 Å². The number of aldehydes is 1. The van der Waals surface area contributed by atoms with E-state index < -0.39 is 11.8 Å². The third-order valence-electron chi connectivity index (χ3n) is 2.82. The van der Waals surface area contributed by atoms with Crippen molar-refractivity contribution in [1.82, 2.24) is 14.8 Å². The number of carbonyl (C=O) groups is 1. The van der Waals surface area contributed by atoms with E-state index in [9.17, 15) is 9.90 Å². The molecule has 0 fully saturated rings. The summed E-state index contributed by atoms with van der Waals surface area (Å²) in [6.07, 6.45) is 1.83. The highest BCUT2D eigenvalue weighted by Crippen LogP contribution is 2.36. The van der Waals surface area contributed by atoms with Crippen molar-refractivity contribution in [3.63, 3.8) is 0 Å². The van der Waals surface area contributed by atoms with Gasteiger partial charge in [-0.3, -0.25) is 4.79 Å². The van der Waals surface area contributed by atoms with Crippen LogP contribution in [0.4, 0.5) is 0 Å². The van der Waals surface area contributed by atoms with Gasteiger partial charge in [0.15, 0.2) is 18.1 Å². The van der Waals surface area contributed by atoms with Crippen molar-refractivity contribution in [1.29, 1.82) is 0 Å². The highest BCUT2D eigenvalue weighted by molar-refractivity contribution is 6.35. The van der Waals surface area contributed by atoms with Crippen LogP contribution in [0.3, 0.4) is 0 Å². The maximum Gasteiger partial charge on any atom is 0.193 e. The zero-order chi connectivity index (χ0) is 14.8. The van der Waals surface area contributed by atoms with E-state index in [1.54, 1.807) is 0 Å². The number of hydrogen-bond donors (Lipinski definition) is 1. The minimum Gasteiger partial charge on any atom is -0.373 e. The summed E-state index contributed by atoms with van der Waals surface area (Å²) in [6.45, 7) is 0. The fourth-order valence-corrected chi connectivity index (χ4v) is 2.46. The molecule has 6 nitrogen and oxygen atoms in total. The molecule has 0 saturated heterocycles. The molecule has 1 aromatic carbocycles. The van der Waals surface area contributed by atoms with Gasteiger partial charge in [-0.25, -0.2) is 9.67 Å². The van der Waals surface area contributed by atoms with E-state index in [0.29, 0.717) is 11.3 Å². The van der Waals surface area contributed by atoms with Gasteiger partial charge in [0, 0.05) is 22.7 Å².